The van der Waals surface area contributed by atoms with Gasteiger partial charge in [-0.3, -0.25) is 4.79 Å². The minimum atomic E-state index is -3.63. The van der Waals surface area contributed by atoms with E-state index in [9.17, 15) is 13.2 Å². The molecule has 2 aliphatic carbocycles. The molecule has 4 aliphatic rings. The van der Waals surface area contributed by atoms with Crippen molar-refractivity contribution in [1.29, 1.82) is 0 Å². The van der Waals surface area contributed by atoms with Gasteiger partial charge in [-0.1, -0.05) is 24.3 Å². The van der Waals surface area contributed by atoms with Crippen molar-refractivity contribution in [3.05, 3.63) is 52.0 Å². The quantitative estimate of drug-likeness (QED) is 0.638. The van der Waals surface area contributed by atoms with Gasteiger partial charge < -0.3 is 10.1 Å². The predicted octanol–water partition coefficient (Wildman–Crippen LogP) is 3.26. The van der Waals surface area contributed by atoms with E-state index in [0.717, 1.165) is 48.8 Å². The van der Waals surface area contributed by atoms with E-state index in [1.165, 1.54) is 36.0 Å². The summed E-state index contributed by atoms with van der Waals surface area (Å²) in [6.45, 7) is 1.84. The summed E-state index contributed by atoms with van der Waals surface area (Å²) in [6.07, 6.45) is 14.2. The molecular formula is C25H32N2O4S. The number of fused-ring (bicyclic) bond motifs is 4. The molecule has 0 saturated carbocycles. The molecule has 0 aromatic heterocycles. The first-order valence-electron chi connectivity index (χ1n) is 12.0. The highest BCUT2D eigenvalue weighted by Crippen LogP contribution is 2.38. The number of carbonyl (C=O) groups is 1. The third kappa shape index (κ3) is 4.01. The van der Waals surface area contributed by atoms with Crippen LogP contribution in [0.4, 0.5) is 0 Å². The Balaban J connectivity index is 1.07. The van der Waals surface area contributed by atoms with E-state index in [0.29, 0.717) is 12.8 Å². The largest absolute Gasteiger partial charge is 0.489 e. The van der Waals surface area contributed by atoms with Gasteiger partial charge in [0.1, 0.15) is 11.9 Å². The number of rotatable bonds is 7. The maximum absolute atomic E-state index is 12.6. The van der Waals surface area contributed by atoms with E-state index in [2.05, 4.69) is 17.4 Å². The molecule has 0 bridgehead atoms. The van der Waals surface area contributed by atoms with Crippen LogP contribution in [0.3, 0.4) is 0 Å². The van der Waals surface area contributed by atoms with Gasteiger partial charge in [0.15, 0.2) is 0 Å². The predicted molar refractivity (Wildman–Crippen MR) is 124 cm³/mol. The van der Waals surface area contributed by atoms with Gasteiger partial charge in [-0.15, -0.1) is 0 Å². The Morgan fingerprint density at radius 2 is 1.94 bits per heavy atom. The van der Waals surface area contributed by atoms with Crippen LogP contribution < -0.4 is 10.1 Å². The zero-order chi connectivity index (χ0) is 22.1. The van der Waals surface area contributed by atoms with Crippen LogP contribution in [-0.4, -0.2) is 44.4 Å². The smallest absolute Gasteiger partial charge is 0.263 e. The topological polar surface area (TPSA) is 75.7 Å². The molecule has 6 nitrogen and oxygen atoms in total. The van der Waals surface area contributed by atoms with Crippen LogP contribution in [0, 0.1) is 5.92 Å². The van der Waals surface area contributed by atoms with Crippen molar-refractivity contribution in [3.63, 3.8) is 0 Å². The van der Waals surface area contributed by atoms with Crippen LogP contribution in [0.2, 0.25) is 0 Å². The molecule has 1 aromatic carbocycles. The number of aryl methyl sites for hydroxylation is 2. The highest BCUT2D eigenvalue weighted by molar-refractivity contribution is 7.94. The molecular weight excluding hydrogens is 424 g/mol. The van der Waals surface area contributed by atoms with Gasteiger partial charge >= 0.3 is 0 Å². The van der Waals surface area contributed by atoms with Crippen molar-refractivity contribution < 1.29 is 17.9 Å². The number of hydrogen-bond donors (Lipinski definition) is 1. The Hall–Kier alpha value is -2.12. The second-order valence-electron chi connectivity index (χ2n) is 9.29. The molecule has 32 heavy (non-hydrogen) atoms. The van der Waals surface area contributed by atoms with Crippen molar-refractivity contribution in [2.24, 2.45) is 5.92 Å². The molecule has 0 radical (unpaired) electrons. The fourth-order valence-electron chi connectivity index (χ4n) is 5.39. The molecule has 1 fully saturated rings. The van der Waals surface area contributed by atoms with Gasteiger partial charge in [0.25, 0.3) is 10.0 Å². The molecule has 2 unspecified atom stereocenters. The lowest BCUT2D eigenvalue weighted by Crippen LogP contribution is -2.35. The maximum atomic E-state index is 12.6. The number of amides is 1. The number of sulfonamides is 1. The number of benzene rings is 1. The molecule has 1 saturated heterocycles. The van der Waals surface area contributed by atoms with Gasteiger partial charge in [-0.05, 0) is 87.1 Å². The molecule has 1 N–H and O–H groups in total. The molecule has 5 rings (SSSR count). The van der Waals surface area contributed by atoms with Gasteiger partial charge in [-0.2, -0.15) is 0 Å². The minimum Gasteiger partial charge on any atom is -0.489 e. The molecule has 1 aromatic rings. The summed E-state index contributed by atoms with van der Waals surface area (Å²) >= 11 is 0. The third-order valence-electron chi connectivity index (χ3n) is 7.16. The lowest BCUT2D eigenvalue weighted by Gasteiger charge is -2.30. The second-order valence-corrected chi connectivity index (χ2v) is 11.2. The fourth-order valence-corrected chi connectivity index (χ4v) is 7.18. The number of nitrogens with zero attached hydrogens (tertiary/aromatic N) is 1. The highest BCUT2D eigenvalue weighted by Gasteiger charge is 2.47. The molecule has 2 aliphatic heterocycles. The summed E-state index contributed by atoms with van der Waals surface area (Å²) < 4.78 is 32.8. The van der Waals surface area contributed by atoms with Gasteiger partial charge in [-0.25, -0.2) is 12.7 Å². The third-order valence-corrected chi connectivity index (χ3v) is 9.12. The fraction of sp³-hybridized carbons (Fsp3) is 0.560. The van der Waals surface area contributed by atoms with E-state index < -0.39 is 15.9 Å². The molecule has 1 amide bonds. The van der Waals surface area contributed by atoms with Crippen LogP contribution in [0.15, 0.2) is 35.3 Å². The molecule has 2 heterocycles. The summed E-state index contributed by atoms with van der Waals surface area (Å²) in [5.41, 5.74) is 4.24. The number of ether oxygens (including phenoxy) is 1. The van der Waals surface area contributed by atoms with Gasteiger partial charge in [0.05, 0.1) is 10.8 Å². The highest BCUT2D eigenvalue weighted by atomic mass is 32.2. The van der Waals surface area contributed by atoms with E-state index in [-0.39, 0.29) is 23.5 Å². The van der Waals surface area contributed by atoms with Crippen LogP contribution in [0.5, 0.6) is 5.75 Å². The Kier molecular flexibility index (Phi) is 6.12. The van der Waals surface area contributed by atoms with Gasteiger partial charge in [0, 0.05) is 13.1 Å². The number of unbranched alkanes of at least 4 members (excludes halogenated alkanes) is 1. The summed E-state index contributed by atoms with van der Waals surface area (Å²) in [6, 6.07) is 4.54. The van der Waals surface area contributed by atoms with E-state index in [4.69, 9.17) is 4.74 Å². The van der Waals surface area contributed by atoms with Crippen LogP contribution in [0.1, 0.15) is 55.2 Å². The van der Waals surface area contributed by atoms with E-state index in [1.807, 2.05) is 6.08 Å². The SMILES string of the molecule is O=C1C2CC=CC=C2S(=O)(=O)N1CCCCNCC1CCc2ccc3c(c2O1)CCCC3. The number of hydrogen-bond acceptors (Lipinski definition) is 5. The van der Waals surface area contributed by atoms with E-state index in [1.54, 1.807) is 12.2 Å². The Bertz CT molecular complexity index is 1060. The maximum Gasteiger partial charge on any atom is 0.263 e. The summed E-state index contributed by atoms with van der Waals surface area (Å²) in [5.74, 6) is 0.356. The van der Waals surface area contributed by atoms with Crippen molar-refractivity contribution in [1.82, 2.24) is 9.62 Å². The minimum absolute atomic E-state index is 0.180. The number of allylic oxidation sites excluding steroid dienone is 3. The molecule has 2 atom stereocenters. The first kappa shape index (κ1) is 21.7. The first-order valence-corrected chi connectivity index (χ1v) is 13.4. The zero-order valence-corrected chi connectivity index (χ0v) is 19.3. The van der Waals surface area contributed by atoms with Gasteiger partial charge in [0.2, 0.25) is 5.91 Å². The van der Waals surface area contributed by atoms with Crippen LogP contribution >= 0.6 is 0 Å². The van der Waals surface area contributed by atoms with Crippen molar-refractivity contribution in [3.8, 4) is 5.75 Å². The summed E-state index contributed by atoms with van der Waals surface area (Å²) in [7, 11) is -3.63. The van der Waals surface area contributed by atoms with Crippen molar-refractivity contribution in [2.75, 3.05) is 19.6 Å². The zero-order valence-electron chi connectivity index (χ0n) is 18.5. The molecule has 0 spiro atoms. The summed E-state index contributed by atoms with van der Waals surface area (Å²) in [5, 5.41) is 3.47. The Labute approximate surface area is 190 Å². The van der Waals surface area contributed by atoms with Crippen LogP contribution in [0.25, 0.3) is 0 Å². The Morgan fingerprint density at radius 1 is 1.09 bits per heavy atom. The summed E-state index contributed by atoms with van der Waals surface area (Å²) in [4.78, 5) is 12.8. The normalized spacial score (nSPS) is 25.6. The average molecular weight is 457 g/mol. The Morgan fingerprint density at radius 3 is 2.81 bits per heavy atom. The van der Waals surface area contributed by atoms with E-state index >= 15 is 0 Å². The average Bonchev–Trinajstić information content (AvgIpc) is 3.01. The second kappa shape index (κ2) is 9.02. The van der Waals surface area contributed by atoms with Crippen molar-refractivity contribution in [2.45, 2.75) is 63.9 Å². The number of nitrogens with one attached hydrogen (secondary N) is 1. The first-order chi connectivity index (χ1) is 15.6. The van der Waals surface area contributed by atoms with Crippen molar-refractivity contribution >= 4 is 15.9 Å². The standard InChI is InChI=1S/C25H32N2O4S/c28-25-22-9-3-4-10-23(22)32(29,30)27(25)16-6-5-15-26-17-20-14-13-19-12-11-18-7-1-2-8-21(18)24(19)31-20/h3-4,10-12,20,22,26H,1-2,5-9,13-17H2. The number of carbonyl (C=O) groups excluding carboxylic acids is 1. The lowest BCUT2D eigenvalue weighted by atomic mass is 9.87. The van der Waals surface area contributed by atoms with Crippen LogP contribution in [-0.2, 0) is 34.1 Å². The monoisotopic (exact) mass is 456 g/mol. The lowest BCUT2D eigenvalue weighted by molar-refractivity contribution is -0.128. The molecule has 7 heteroatoms. The molecule has 172 valence electrons.